The Morgan fingerprint density at radius 1 is 1.40 bits per heavy atom. The molecular weight excluding hydrogens is 216 g/mol. The molecule has 1 aliphatic carbocycles. The summed E-state index contributed by atoms with van der Waals surface area (Å²) in [5.41, 5.74) is 1.18. The molecule has 0 bridgehead atoms. The van der Waals surface area contributed by atoms with Crippen LogP contribution < -0.4 is 0 Å². The van der Waals surface area contributed by atoms with Gasteiger partial charge in [-0.3, -0.25) is 4.79 Å². The smallest absolute Gasteiger partial charge is 0.336 e. The average molecular weight is 226 g/mol. The second-order valence-corrected chi connectivity index (χ2v) is 4.60. The van der Waals surface area contributed by atoms with Crippen LogP contribution in [0.5, 0.6) is 0 Å². The number of hydrogen-bond donors (Lipinski definition) is 2. The minimum Gasteiger partial charge on any atom is -0.481 e. The van der Waals surface area contributed by atoms with Gasteiger partial charge >= 0.3 is 11.9 Å². The summed E-state index contributed by atoms with van der Waals surface area (Å²) >= 11 is 1.36. The lowest BCUT2D eigenvalue weighted by atomic mass is 9.87. The minimum atomic E-state index is -0.915. The summed E-state index contributed by atoms with van der Waals surface area (Å²) in [6.45, 7) is 0. The Kier molecular flexibility index (Phi) is 2.48. The lowest BCUT2D eigenvalue weighted by molar-refractivity contribution is -0.142. The number of carbonyl (C=O) groups is 2. The van der Waals surface area contributed by atoms with Crippen LogP contribution in [0.15, 0.2) is 5.38 Å². The van der Waals surface area contributed by atoms with Crippen LogP contribution >= 0.6 is 11.3 Å². The van der Waals surface area contributed by atoms with Gasteiger partial charge in [-0.25, -0.2) is 4.79 Å². The third-order valence-electron chi connectivity index (χ3n) is 2.73. The number of thiophene rings is 1. The van der Waals surface area contributed by atoms with Crippen LogP contribution in [0.3, 0.4) is 0 Å². The maximum atomic E-state index is 10.8. The van der Waals surface area contributed by atoms with Crippen molar-refractivity contribution in [3.63, 3.8) is 0 Å². The fourth-order valence-electron chi connectivity index (χ4n) is 1.90. The second-order valence-electron chi connectivity index (χ2n) is 3.63. The molecule has 1 heterocycles. The van der Waals surface area contributed by atoms with Gasteiger partial charge < -0.3 is 10.2 Å². The topological polar surface area (TPSA) is 74.6 Å². The molecule has 1 aromatic heterocycles. The summed E-state index contributed by atoms with van der Waals surface area (Å²) in [4.78, 5) is 22.6. The van der Waals surface area contributed by atoms with Crippen molar-refractivity contribution in [2.75, 3.05) is 0 Å². The Labute approximate surface area is 90.2 Å². The van der Waals surface area contributed by atoms with E-state index in [0.717, 1.165) is 10.4 Å². The largest absolute Gasteiger partial charge is 0.481 e. The van der Waals surface area contributed by atoms with Gasteiger partial charge in [0.15, 0.2) is 0 Å². The van der Waals surface area contributed by atoms with Gasteiger partial charge in [0.2, 0.25) is 0 Å². The number of carboxylic acid groups (broad SMARTS) is 2. The van der Waals surface area contributed by atoms with Crippen LogP contribution in [0.25, 0.3) is 0 Å². The Hall–Kier alpha value is -1.36. The van der Waals surface area contributed by atoms with Gasteiger partial charge in [0.25, 0.3) is 0 Å². The Morgan fingerprint density at radius 2 is 2.13 bits per heavy atom. The van der Waals surface area contributed by atoms with Crippen molar-refractivity contribution in [3.8, 4) is 0 Å². The third kappa shape index (κ3) is 1.74. The summed E-state index contributed by atoms with van der Waals surface area (Å²) in [5, 5.41) is 19.4. The molecule has 4 nitrogen and oxygen atoms in total. The highest BCUT2D eigenvalue weighted by Crippen LogP contribution is 2.33. The average Bonchev–Trinajstić information content (AvgIpc) is 2.59. The predicted molar refractivity (Wildman–Crippen MR) is 54.4 cm³/mol. The van der Waals surface area contributed by atoms with Crippen molar-refractivity contribution in [1.29, 1.82) is 0 Å². The van der Waals surface area contributed by atoms with Crippen LogP contribution in [0, 0.1) is 5.92 Å². The lowest BCUT2D eigenvalue weighted by Gasteiger charge is -2.18. The highest BCUT2D eigenvalue weighted by molar-refractivity contribution is 7.10. The van der Waals surface area contributed by atoms with E-state index in [1.807, 2.05) is 0 Å². The monoisotopic (exact) mass is 226 g/mol. The molecular formula is C10H10O4S. The SMILES string of the molecule is O=C(O)c1csc2c1CCC(C(=O)O)C2. The standard InChI is InChI=1S/C10H10O4S/c11-9(12)5-1-2-6-7(10(13)14)4-15-8(6)3-5/h4-5H,1-3H2,(H,11,12)(H,13,14). The van der Waals surface area contributed by atoms with Crippen molar-refractivity contribution < 1.29 is 19.8 Å². The molecule has 0 aromatic carbocycles. The first kappa shape index (κ1) is 10.2. The van der Waals surface area contributed by atoms with Crippen LogP contribution in [0.2, 0.25) is 0 Å². The number of fused-ring (bicyclic) bond motifs is 1. The third-order valence-corrected chi connectivity index (χ3v) is 3.79. The summed E-state index contributed by atoms with van der Waals surface area (Å²) in [6.07, 6.45) is 1.58. The molecule has 1 atom stereocenters. The van der Waals surface area contributed by atoms with Gasteiger partial charge in [0.05, 0.1) is 11.5 Å². The fraction of sp³-hybridized carbons (Fsp3) is 0.400. The van der Waals surface area contributed by atoms with E-state index in [1.54, 1.807) is 5.38 Å². The molecule has 0 amide bonds. The molecule has 0 aliphatic heterocycles. The molecule has 2 rings (SSSR count). The maximum Gasteiger partial charge on any atom is 0.336 e. The quantitative estimate of drug-likeness (QED) is 0.803. The molecule has 2 N–H and O–H groups in total. The van der Waals surface area contributed by atoms with Crippen LogP contribution in [0.1, 0.15) is 27.2 Å². The van der Waals surface area contributed by atoms with Crippen LogP contribution in [0.4, 0.5) is 0 Å². The molecule has 0 saturated carbocycles. The lowest BCUT2D eigenvalue weighted by Crippen LogP contribution is -2.21. The zero-order valence-electron chi connectivity index (χ0n) is 7.90. The maximum absolute atomic E-state index is 10.8. The highest BCUT2D eigenvalue weighted by atomic mass is 32.1. The summed E-state index contributed by atoms with van der Waals surface area (Å²) in [7, 11) is 0. The molecule has 15 heavy (non-hydrogen) atoms. The van der Waals surface area contributed by atoms with E-state index >= 15 is 0 Å². The fourth-order valence-corrected chi connectivity index (χ4v) is 3.06. The van der Waals surface area contributed by atoms with Gasteiger partial charge in [-0.15, -0.1) is 11.3 Å². The molecule has 5 heteroatoms. The second kappa shape index (κ2) is 3.66. The zero-order valence-corrected chi connectivity index (χ0v) is 8.71. The van der Waals surface area contributed by atoms with Gasteiger partial charge in [-0.1, -0.05) is 0 Å². The van der Waals surface area contributed by atoms with E-state index in [9.17, 15) is 9.59 Å². The predicted octanol–water partition coefficient (Wildman–Crippen LogP) is 1.64. The zero-order chi connectivity index (χ0) is 11.0. The van der Waals surface area contributed by atoms with E-state index in [1.165, 1.54) is 11.3 Å². The van der Waals surface area contributed by atoms with Crippen molar-refractivity contribution in [2.45, 2.75) is 19.3 Å². The first-order chi connectivity index (χ1) is 7.09. The normalized spacial score (nSPS) is 19.6. The van der Waals surface area contributed by atoms with Crippen molar-refractivity contribution in [1.82, 2.24) is 0 Å². The Morgan fingerprint density at radius 3 is 2.73 bits per heavy atom. The summed E-state index contributed by atoms with van der Waals surface area (Å²) < 4.78 is 0. The van der Waals surface area contributed by atoms with E-state index in [4.69, 9.17) is 10.2 Å². The van der Waals surface area contributed by atoms with Gasteiger partial charge in [0.1, 0.15) is 0 Å². The van der Waals surface area contributed by atoms with Crippen LogP contribution in [-0.2, 0) is 17.6 Å². The molecule has 0 saturated heterocycles. The number of carboxylic acids is 2. The van der Waals surface area contributed by atoms with Crippen molar-refractivity contribution in [2.24, 2.45) is 5.92 Å². The summed E-state index contributed by atoms with van der Waals surface area (Å²) in [6, 6.07) is 0. The van der Waals surface area contributed by atoms with E-state index in [2.05, 4.69) is 0 Å². The molecule has 0 spiro atoms. The van der Waals surface area contributed by atoms with Crippen LogP contribution in [-0.4, -0.2) is 22.2 Å². The molecule has 1 unspecified atom stereocenters. The minimum absolute atomic E-state index is 0.346. The first-order valence-electron chi connectivity index (χ1n) is 4.65. The molecule has 0 radical (unpaired) electrons. The van der Waals surface area contributed by atoms with Gasteiger partial charge in [-0.05, 0) is 24.8 Å². The Balaban J connectivity index is 2.30. The Bertz CT molecular complexity index is 421. The van der Waals surface area contributed by atoms with Gasteiger partial charge in [-0.2, -0.15) is 0 Å². The van der Waals surface area contributed by atoms with Gasteiger partial charge in [0, 0.05) is 10.3 Å². The molecule has 0 fully saturated rings. The van der Waals surface area contributed by atoms with E-state index in [-0.39, 0.29) is 5.92 Å². The first-order valence-corrected chi connectivity index (χ1v) is 5.53. The number of hydrogen-bond acceptors (Lipinski definition) is 3. The van der Waals surface area contributed by atoms with Crippen molar-refractivity contribution in [3.05, 3.63) is 21.4 Å². The highest BCUT2D eigenvalue weighted by Gasteiger charge is 2.28. The molecule has 1 aliphatic rings. The van der Waals surface area contributed by atoms with Crippen molar-refractivity contribution >= 4 is 23.3 Å². The molecule has 80 valence electrons. The number of aromatic carboxylic acids is 1. The van der Waals surface area contributed by atoms with E-state index < -0.39 is 11.9 Å². The molecule has 1 aromatic rings. The van der Waals surface area contributed by atoms with E-state index in [0.29, 0.717) is 24.8 Å². The number of rotatable bonds is 2. The summed E-state index contributed by atoms with van der Waals surface area (Å²) in [5.74, 6) is -2.05. The number of aliphatic carboxylic acids is 1.